The lowest BCUT2D eigenvalue weighted by molar-refractivity contribution is -0.139. The molecule has 0 spiro atoms. The van der Waals surface area contributed by atoms with Crippen molar-refractivity contribution in [2.45, 2.75) is 52.6 Å². The number of nitrogens with zero attached hydrogens (tertiary/aromatic N) is 3. The van der Waals surface area contributed by atoms with Gasteiger partial charge in [-0.05, 0) is 45.7 Å². The minimum Gasteiger partial charge on any atom is -0.480 e. The fourth-order valence-corrected chi connectivity index (χ4v) is 4.41. The maximum atomic E-state index is 10.9. The van der Waals surface area contributed by atoms with Crippen LogP contribution in [0.3, 0.4) is 0 Å². The summed E-state index contributed by atoms with van der Waals surface area (Å²) in [7, 11) is 0. The van der Waals surface area contributed by atoms with Gasteiger partial charge in [0.15, 0.2) is 0 Å². The summed E-state index contributed by atoms with van der Waals surface area (Å²) in [6.07, 6.45) is 1.90. The number of carboxylic acids is 1. The van der Waals surface area contributed by atoms with Crippen LogP contribution in [0.1, 0.15) is 36.0 Å². The monoisotopic (exact) mass is 348 g/mol. The lowest BCUT2D eigenvalue weighted by atomic mass is 9.85. The van der Waals surface area contributed by atoms with E-state index in [2.05, 4.69) is 29.1 Å². The molecule has 1 fully saturated rings. The van der Waals surface area contributed by atoms with E-state index in [0.29, 0.717) is 12.1 Å². The van der Waals surface area contributed by atoms with Gasteiger partial charge >= 0.3 is 5.97 Å². The van der Waals surface area contributed by atoms with E-state index < -0.39 is 5.97 Å². The number of anilines is 1. The van der Waals surface area contributed by atoms with Crippen LogP contribution in [0.25, 0.3) is 10.2 Å². The number of hydrogen-bond acceptors (Lipinski definition) is 6. The summed E-state index contributed by atoms with van der Waals surface area (Å²) >= 11 is 1.71. The van der Waals surface area contributed by atoms with Gasteiger partial charge < -0.3 is 10.4 Å². The number of carbonyl (C=O) groups is 1. The molecule has 0 amide bonds. The fraction of sp³-hybridized carbons (Fsp3) is 0.588. The Labute approximate surface area is 145 Å². The highest BCUT2D eigenvalue weighted by molar-refractivity contribution is 7.18. The number of carboxylic acid groups (broad SMARTS) is 1. The van der Waals surface area contributed by atoms with Crippen molar-refractivity contribution in [3.8, 4) is 0 Å². The number of nitrogens with one attached hydrogen (secondary N) is 1. The Morgan fingerprint density at radius 1 is 1.33 bits per heavy atom. The highest BCUT2D eigenvalue weighted by Gasteiger charge is 2.34. The zero-order valence-corrected chi connectivity index (χ0v) is 15.4. The van der Waals surface area contributed by atoms with Crippen LogP contribution in [-0.4, -0.2) is 51.1 Å². The van der Waals surface area contributed by atoms with Crippen molar-refractivity contribution in [1.82, 2.24) is 14.9 Å². The predicted molar refractivity (Wildman–Crippen MR) is 96.9 cm³/mol. The summed E-state index contributed by atoms with van der Waals surface area (Å²) in [4.78, 5) is 24.4. The fourth-order valence-electron chi connectivity index (χ4n) is 3.33. The van der Waals surface area contributed by atoms with Gasteiger partial charge in [-0.3, -0.25) is 9.69 Å². The molecule has 6 nitrogen and oxygen atoms in total. The molecule has 1 saturated carbocycles. The molecule has 0 unspecified atom stereocenters. The van der Waals surface area contributed by atoms with Crippen LogP contribution in [0.4, 0.5) is 5.82 Å². The number of aryl methyl sites for hydroxylation is 3. The number of thiophene rings is 1. The molecule has 0 aromatic carbocycles. The number of aromatic nitrogens is 2. The number of rotatable bonds is 6. The van der Waals surface area contributed by atoms with E-state index in [1.54, 1.807) is 11.3 Å². The molecule has 1 aliphatic rings. The van der Waals surface area contributed by atoms with Gasteiger partial charge in [0.2, 0.25) is 0 Å². The summed E-state index contributed by atoms with van der Waals surface area (Å²) in [5, 5.41) is 13.7. The molecule has 0 bridgehead atoms. The SMILES string of the molecule is CCN(CC(=O)O)C1CC(Nc2nc(C)nc3sc(C)c(C)c23)C1. The van der Waals surface area contributed by atoms with Crippen LogP contribution >= 0.6 is 11.3 Å². The van der Waals surface area contributed by atoms with Gasteiger partial charge in [0.25, 0.3) is 0 Å². The molecule has 1 aliphatic carbocycles. The third-order valence-electron chi connectivity index (χ3n) is 4.86. The van der Waals surface area contributed by atoms with E-state index in [0.717, 1.165) is 41.2 Å². The Kier molecular flexibility index (Phi) is 4.73. The van der Waals surface area contributed by atoms with Crippen LogP contribution in [0.2, 0.25) is 0 Å². The maximum absolute atomic E-state index is 10.9. The first-order chi connectivity index (χ1) is 11.4. The van der Waals surface area contributed by atoms with E-state index in [-0.39, 0.29) is 6.54 Å². The third-order valence-corrected chi connectivity index (χ3v) is 5.96. The molecule has 2 aromatic heterocycles. The highest BCUT2D eigenvalue weighted by atomic mass is 32.1. The van der Waals surface area contributed by atoms with Crippen molar-refractivity contribution >= 4 is 33.3 Å². The average Bonchev–Trinajstić information content (AvgIpc) is 2.74. The van der Waals surface area contributed by atoms with Crippen molar-refractivity contribution in [3.05, 3.63) is 16.3 Å². The van der Waals surface area contributed by atoms with Gasteiger partial charge in [-0.25, -0.2) is 9.97 Å². The first-order valence-electron chi connectivity index (χ1n) is 8.35. The van der Waals surface area contributed by atoms with Crippen molar-refractivity contribution in [3.63, 3.8) is 0 Å². The van der Waals surface area contributed by atoms with Crippen LogP contribution < -0.4 is 5.32 Å². The Hall–Kier alpha value is -1.73. The van der Waals surface area contributed by atoms with Gasteiger partial charge in [0.1, 0.15) is 16.5 Å². The second kappa shape index (κ2) is 6.64. The molecule has 0 radical (unpaired) electrons. The standard InChI is InChI=1S/C17H24N4O2S/c1-5-21(8-14(22)23)13-6-12(7-13)20-16-15-9(2)10(3)24-17(15)19-11(4)18-16/h12-13H,5-8H2,1-4H3,(H,22,23)(H,18,19,20). The molecule has 130 valence electrons. The highest BCUT2D eigenvalue weighted by Crippen LogP contribution is 2.35. The van der Waals surface area contributed by atoms with Crippen molar-refractivity contribution < 1.29 is 9.90 Å². The maximum Gasteiger partial charge on any atom is 0.317 e. The Morgan fingerprint density at radius 3 is 2.67 bits per heavy atom. The molecule has 0 atom stereocenters. The Morgan fingerprint density at radius 2 is 2.04 bits per heavy atom. The van der Waals surface area contributed by atoms with E-state index in [1.807, 2.05) is 18.7 Å². The van der Waals surface area contributed by atoms with Crippen LogP contribution in [0.5, 0.6) is 0 Å². The first kappa shape index (κ1) is 17.1. The molecule has 2 heterocycles. The van der Waals surface area contributed by atoms with E-state index in [1.165, 1.54) is 10.4 Å². The summed E-state index contributed by atoms with van der Waals surface area (Å²) in [5.41, 5.74) is 1.24. The third kappa shape index (κ3) is 3.23. The lowest BCUT2D eigenvalue weighted by Crippen LogP contribution is -2.51. The molecule has 3 rings (SSSR count). The topological polar surface area (TPSA) is 78.4 Å². The van der Waals surface area contributed by atoms with E-state index in [4.69, 9.17) is 5.11 Å². The summed E-state index contributed by atoms with van der Waals surface area (Å²) < 4.78 is 0. The summed E-state index contributed by atoms with van der Waals surface area (Å²) in [6.45, 7) is 9.05. The van der Waals surface area contributed by atoms with E-state index >= 15 is 0 Å². The largest absolute Gasteiger partial charge is 0.480 e. The quantitative estimate of drug-likeness (QED) is 0.836. The number of likely N-dealkylation sites (N-methyl/N-ethyl adjacent to an activating group) is 1. The van der Waals surface area contributed by atoms with E-state index in [9.17, 15) is 4.79 Å². The predicted octanol–water partition coefficient (Wildman–Crippen LogP) is 2.97. The molecular weight excluding hydrogens is 324 g/mol. The molecule has 24 heavy (non-hydrogen) atoms. The normalized spacial score (nSPS) is 20.4. The molecule has 7 heteroatoms. The minimum absolute atomic E-state index is 0.119. The van der Waals surface area contributed by atoms with Gasteiger partial charge in [-0.2, -0.15) is 0 Å². The average molecular weight is 348 g/mol. The summed E-state index contributed by atoms with van der Waals surface area (Å²) in [5.74, 6) is 0.943. The smallest absolute Gasteiger partial charge is 0.317 e. The Bertz CT molecular complexity index is 768. The Balaban J connectivity index is 1.72. The van der Waals surface area contributed by atoms with Crippen LogP contribution in [0.15, 0.2) is 0 Å². The van der Waals surface area contributed by atoms with Gasteiger partial charge in [0, 0.05) is 17.0 Å². The second-order valence-electron chi connectivity index (χ2n) is 6.51. The second-order valence-corrected chi connectivity index (χ2v) is 7.71. The number of fused-ring (bicyclic) bond motifs is 1. The molecule has 0 aliphatic heterocycles. The molecular formula is C17H24N4O2S. The molecule has 0 saturated heterocycles. The van der Waals surface area contributed by atoms with Gasteiger partial charge in [-0.15, -0.1) is 11.3 Å². The zero-order chi connectivity index (χ0) is 17.4. The minimum atomic E-state index is -0.759. The first-order valence-corrected chi connectivity index (χ1v) is 9.17. The zero-order valence-electron chi connectivity index (χ0n) is 14.6. The van der Waals surface area contributed by atoms with Crippen molar-refractivity contribution in [1.29, 1.82) is 0 Å². The van der Waals surface area contributed by atoms with Gasteiger partial charge in [0.05, 0.1) is 11.9 Å². The number of aliphatic carboxylic acids is 1. The number of hydrogen-bond donors (Lipinski definition) is 2. The lowest BCUT2D eigenvalue weighted by Gasteiger charge is -2.42. The van der Waals surface area contributed by atoms with Crippen LogP contribution in [-0.2, 0) is 4.79 Å². The van der Waals surface area contributed by atoms with Gasteiger partial charge in [-0.1, -0.05) is 6.92 Å². The van der Waals surface area contributed by atoms with Crippen LogP contribution in [0, 0.1) is 20.8 Å². The molecule has 2 N–H and O–H groups in total. The van der Waals surface area contributed by atoms with Crippen molar-refractivity contribution in [2.24, 2.45) is 0 Å². The molecule has 2 aromatic rings. The summed E-state index contributed by atoms with van der Waals surface area (Å²) in [6, 6.07) is 0.683. The van der Waals surface area contributed by atoms with Crippen molar-refractivity contribution in [2.75, 3.05) is 18.4 Å².